The van der Waals surface area contributed by atoms with E-state index in [2.05, 4.69) is 5.16 Å². The van der Waals surface area contributed by atoms with Crippen LogP contribution in [0.15, 0.2) is 29.4 Å². The van der Waals surface area contributed by atoms with E-state index in [4.69, 9.17) is 28.4 Å². The summed E-state index contributed by atoms with van der Waals surface area (Å²) in [5.74, 6) is 0. The maximum Gasteiger partial charge on any atom is 0.175 e. The highest BCUT2D eigenvalue weighted by atomic mass is 35.5. The van der Waals surface area contributed by atoms with E-state index in [1.54, 1.807) is 24.3 Å². The number of hydrogen-bond donors (Lipinski definition) is 1. The molecule has 0 unspecified atom stereocenters. The van der Waals surface area contributed by atoms with Gasteiger partial charge in [0, 0.05) is 10.6 Å². The van der Waals surface area contributed by atoms with E-state index in [-0.39, 0.29) is 5.17 Å². The minimum atomic E-state index is 0.0347. The van der Waals surface area contributed by atoms with Gasteiger partial charge in [-0.05, 0) is 12.1 Å². The SMILES string of the molecule is O/N=C(/Cl)c1cccc(Cl)c1. The molecule has 1 N–H and O–H groups in total. The van der Waals surface area contributed by atoms with Gasteiger partial charge in [-0.25, -0.2) is 0 Å². The average molecular weight is 190 g/mol. The summed E-state index contributed by atoms with van der Waals surface area (Å²) in [4.78, 5) is 0. The Morgan fingerprint density at radius 2 is 2.18 bits per heavy atom. The lowest BCUT2D eigenvalue weighted by Crippen LogP contribution is -1.89. The van der Waals surface area contributed by atoms with Crippen molar-refractivity contribution in [2.75, 3.05) is 0 Å². The summed E-state index contributed by atoms with van der Waals surface area (Å²) in [7, 11) is 0. The molecular weight excluding hydrogens is 185 g/mol. The standard InChI is InChI=1S/C7H5Cl2NO/c8-6-3-1-2-5(4-6)7(9)10-11/h1-4,11H/b10-7+. The minimum absolute atomic E-state index is 0.0347. The van der Waals surface area contributed by atoms with E-state index in [9.17, 15) is 0 Å². The van der Waals surface area contributed by atoms with Crippen LogP contribution in [0.3, 0.4) is 0 Å². The molecule has 0 aromatic heterocycles. The fourth-order valence-electron chi connectivity index (χ4n) is 0.675. The summed E-state index contributed by atoms with van der Waals surface area (Å²) in [6.45, 7) is 0. The van der Waals surface area contributed by atoms with Crippen LogP contribution in [0.1, 0.15) is 5.56 Å². The van der Waals surface area contributed by atoms with Gasteiger partial charge in [0.1, 0.15) is 0 Å². The molecule has 0 aliphatic carbocycles. The van der Waals surface area contributed by atoms with E-state index < -0.39 is 0 Å². The second kappa shape index (κ2) is 3.60. The highest BCUT2D eigenvalue weighted by molar-refractivity contribution is 6.69. The Balaban J connectivity index is 3.06. The molecule has 2 nitrogen and oxygen atoms in total. The summed E-state index contributed by atoms with van der Waals surface area (Å²) in [5.41, 5.74) is 0.599. The summed E-state index contributed by atoms with van der Waals surface area (Å²) in [6, 6.07) is 6.76. The lowest BCUT2D eigenvalue weighted by molar-refractivity contribution is 0.321. The lowest BCUT2D eigenvalue weighted by Gasteiger charge is -1.95. The van der Waals surface area contributed by atoms with Crippen molar-refractivity contribution in [3.63, 3.8) is 0 Å². The van der Waals surface area contributed by atoms with Gasteiger partial charge < -0.3 is 5.21 Å². The highest BCUT2D eigenvalue weighted by Crippen LogP contribution is 2.12. The second-order valence-electron chi connectivity index (χ2n) is 1.90. The summed E-state index contributed by atoms with van der Waals surface area (Å²) < 4.78 is 0. The van der Waals surface area contributed by atoms with Gasteiger partial charge in [-0.3, -0.25) is 0 Å². The molecule has 11 heavy (non-hydrogen) atoms. The molecule has 4 heteroatoms. The highest BCUT2D eigenvalue weighted by Gasteiger charge is 1.99. The van der Waals surface area contributed by atoms with E-state index in [1.165, 1.54) is 0 Å². The topological polar surface area (TPSA) is 32.6 Å². The van der Waals surface area contributed by atoms with Crippen molar-refractivity contribution in [3.05, 3.63) is 34.9 Å². The molecule has 0 bridgehead atoms. The third kappa shape index (κ3) is 2.10. The Bertz CT molecular complexity index is 286. The van der Waals surface area contributed by atoms with Crippen LogP contribution in [0.25, 0.3) is 0 Å². The van der Waals surface area contributed by atoms with Crippen LogP contribution in [-0.4, -0.2) is 10.4 Å². The monoisotopic (exact) mass is 189 g/mol. The summed E-state index contributed by atoms with van der Waals surface area (Å²) >= 11 is 11.2. The number of nitrogens with zero attached hydrogens (tertiary/aromatic N) is 1. The van der Waals surface area contributed by atoms with Gasteiger partial charge in [0.05, 0.1) is 0 Å². The van der Waals surface area contributed by atoms with Gasteiger partial charge in [-0.15, -0.1) is 0 Å². The first-order valence-electron chi connectivity index (χ1n) is 2.87. The van der Waals surface area contributed by atoms with E-state index in [0.29, 0.717) is 10.6 Å². The molecular formula is C7H5Cl2NO. The van der Waals surface area contributed by atoms with E-state index in [1.807, 2.05) is 0 Å². The molecule has 0 aliphatic heterocycles. The van der Waals surface area contributed by atoms with Gasteiger partial charge in [-0.1, -0.05) is 40.5 Å². The van der Waals surface area contributed by atoms with Crippen LogP contribution >= 0.6 is 23.2 Å². The number of oxime groups is 1. The molecule has 1 aromatic rings. The zero-order valence-corrected chi connectivity index (χ0v) is 6.97. The molecule has 0 atom stereocenters. The van der Waals surface area contributed by atoms with Crippen molar-refractivity contribution in [1.29, 1.82) is 0 Å². The van der Waals surface area contributed by atoms with Crippen LogP contribution in [0.4, 0.5) is 0 Å². The fourth-order valence-corrected chi connectivity index (χ4v) is 0.982. The van der Waals surface area contributed by atoms with Crippen molar-refractivity contribution < 1.29 is 5.21 Å². The first-order chi connectivity index (χ1) is 5.24. The minimum Gasteiger partial charge on any atom is -0.410 e. The number of halogens is 2. The normalized spacial score (nSPS) is 11.6. The van der Waals surface area contributed by atoms with Gasteiger partial charge in [-0.2, -0.15) is 0 Å². The molecule has 0 saturated heterocycles. The average Bonchev–Trinajstić information content (AvgIpc) is 2.03. The molecule has 1 aromatic carbocycles. The Morgan fingerprint density at radius 1 is 1.45 bits per heavy atom. The first-order valence-corrected chi connectivity index (χ1v) is 3.63. The maximum atomic E-state index is 8.29. The Hall–Kier alpha value is -0.730. The van der Waals surface area contributed by atoms with Crippen molar-refractivity contribution in [1.82, 2.24) is 0 Å². The maximum absolute atomic E-state index is 8.29. The Labute approximate surface area is 74.0 Å². The molecule has 0 aliphatic rings. The van der Waals surface area contributed by atoms with E-state index >= 15 is 0 Å². The zero-order chi connectivity index (χ0) is 8.27. The van der Waals surface area contributed by atoms with Crippen molar-refractivity contribution in [3.8, 4) is 0 Å². The van der Waals surface area contributed by atoms with E-state index in [0.717, 1.165) is 0 Å². The number of benzene rings is 1. The lowest BCUT2D eigenvalue weighted by atomic mass is 10.2. The quantitative estimate of drug-likeness (QED) is 0.412. The van der Waals surface area contributed by atoms with Gasteiger partial charge in [0.15, 0.2) is 5.17 Å². The molecule has 0 spiro atoms. The first kappa shape index (κ1) is 8.37. The van der Waals surface area contributed by atoms with Crippen molar-refractivity contribution in [2.24, 2.45) is 5.16 Å². The Kier molecular flexibility index (Phi) is 2.74. The van der Waals surface area contributed by atoms with Crippen molar-refractivity contribution in [2.45, 2.75) is 0 Å². The smallest absolute Gasteiger partial charge is 0.175 e. The molecule has 1 rings (SSSR count). The molecule has 0 radical (unpaired) electrons. The van der Waals surface area contributed by atoms with Gasteiger partial charge >= 0.3 is 0 Å². The second-order valence-corrected chi connectivity index (χ2v) is 2.70. The van der Waals surface area contributed by atoms with Crippen molar-refractivity contribution >= 4 is 28.4 Å². The van der Waals surface area contributed by atoms with Crippen LogP contribution < -0.4 is 0 Å². The molecule has 0 fully saturated rings. The molecule has 0 amide bonds. The van der Waals surface area contributed by atoms with Crippen LogP contribution in [0.2, 0.25) is 5.02 Å². The van der Waals surface area contributed by atoms with Gasteiger partial charge in [0.25, 0.3) is 0 Å². The largest absolute Gasteiger partial charge is 0.410 e. The summed E-state index contributed by atoms with van der Waals surface area (Å²) in [6.07, 6.45) is 0. The fraction of sp³-hybridized carbons (Fsp3) is 0. The third-order valence-electron chi connectivity index (χ3n) is 1.15. The van der Waals surface area contributed by atoms with Crippen LogP contribution in [0.5, 0.6) is 0 Å². The molecule has 0 saturated carbocycles. The summed E-state index contributed by atoms with van der Waals surface area (Å²) in [5, 5.41) is 11.7. The van der Waals surface area contributed by atoms with Crippen LogP contribution in [0, 0.1) is 0 Å². The third-order valence-corrected chi connectivity index (χ3v) is 1.68. The predicted molar refractivity (Wildman–Crippen MR) is 45.6 cm³/mol. The molecule has 58 valence electrons. The Morgan fingerprint density at radius 3 is 2.73 bits per heavy atom. The number of hydrogen-bond acceptors (Lipinski definition) is 2. The predicted octanol–water partition coefficient (Wildman–Crippen LogP) is 2.71. The number of rotatable bonds is 1. The van der Waals surface area contributed by atoms with Crippen LogP contribution in [-0.2, 0) is 0 Å². The zero-order valence-electron chi connectivity index (χ0n) is 5.46. The van der Waals surface area contributed by atoms with Gasteiger partial charge in [0.2, 0.25) is 0 Å². The molecule has 0 heterocycles.